The highest BCUT2D eigenvalue weighted by Gasteiger charge is 2.19. The second kappa shape index (κ2) is 13.1. The van der Waals surface area contributed by atoms with Gasteiger partial charge < -0.3 is 14.2 Å². The molecule has 0 aliphatic carbocycles. The van der Waals surface area contributed by atoms with Crippen LogP contribution in [-0.4, -0.2) is 42.2 Å². The number of carbonyl (C=O) groups excluding carboxylic acids is 1. The molecule has 0 aliphatic heterocycles. The molecule has 0 aliphatic rings. The third kappa shape index (κ3) is 6.48. The number of ether oxygens (including phenoxy) is 3. The van der Waals surface area contributed by atoms with Crippen LogP contribution in [0.3, 0.4) is 0 Å². The van der Waals surface area contributed by atoms with Crippen LogP contribution in [0.1, 0.15) is 43.4 Å². The number of hydrogen-bond donors (Lipinski definition) is 0. The zero-order valence-corrected chi connectivity index (χ0v) is 27.1. The topological polar surface area (TPSA) is 92.0 Å². The molecule has 3 aromatic carbocycles. The van der Waals surface area contributed by atoms with Gasteiger partial charge in [0, 0.05) is 5.56 Å². The van der Waals surface area contributed by atoms with Gasteiger partial charge in [-0.05, 0) is 118 Å². The summed E-state index contributed by atoms with van der Waals surface area (Å²) in [5.41, 5.74) is 3.87. The maximum Gasteiger partial charge on any atom is 0.343 e. The molecule has 0 amide bonds. The first-order valence-electron chi connectivity index (χ1n) is 12.7. The zero-order valence-electron chi connectivity index (χ0n) is 22.8. The molecule has 10 heteroatoms. The van der Waals surface area contributed by atoms with Crippen molar-refractivity contribution in [3.63, 3.8) is 0 Å². The minimum absolute atomic E-state index is 0.183. The number of benzene rings is 3. The first-order chi connectivity index (χ1) is 19.1. The van der Waals surface area contributed by atoms with Crippen LogP contribution in [0.5, 0.6) is 11.5 Å². The molecule has 0 unspecified atom stereocenters. The van der Waals surface area contributed by atoms with Crippen LogP contribution in [-0.2, 0) is 9.53 Å². The van der Waals surface area contributed by atoms with E-state index in [-0.39, 0.29) is 18.1 Å². The number of para-hydroxylation sites is 1. The van der Waals surface area contributed by atoms with Crippen molar-refractivity contribution in [1.82, 2.24) is 9.66 Å². The number of aryl methyl sites for hydroxylation is 1. The second-order valence-corrected chi connectivity index (χ2v) is 11.6. The summed E-state index contributed by atoms with van der Waals surface area (Å²) in [6.45, 7) is 8.54. The first kappa shape index (κ1) is 30.0. The van der Waals surface area contributed by atoms with Gasteiger partial charge in [0.15, 0.2) is 12.4 Å². The van der Waals surface area contributed by atoms with E-state index >= 15 is 0 Å². The van der Waals surface area contributed by atoms with Gasteiger partial charge in [0.05, 0.1) is 38.0 Å². The fourth-order valence-corrected chi connectivity index (χ4v) is 6.31. The number of halogens is 2. The minimum Gasteiger partial charge on any atom is -0.494 e. The smallest absolute Gasteiger partial charge is 0.343 e. The number of rotatable bonds is 9. The maximum absolute atomic E-state index is 13.7. The van der Waals surface area contributed by atoms with Gasteiger partial charge in [0.2, 0.25) is 0 Å². The summed E-state index contributed by atoms with van der Waals surface area (Å²) >= 11 is 4.29. The molecule has 4 aromatic rings. The lowest BCUT2D eigenvalue weighted by Gasteiger charge is -2.18. The highest BCUT2D eigenvalue weighted by molar-refractivity contribution is 14.1. The SMILES string of the molecule is CCOc1cc(C)c(-c2nc3ccccc3c(=O)n2N=Cc2cc(I)c(OCC(=O)OC)c(I)c2)cc1C(C)C. The van der Waals surface area contributed by atoms with E-state index < -0.39 is 5.97 Å². The van der Waals surface area contributed by atoms with Gasteiger partial charge in [0.25, 0.3) is 5.56 Å². The Bertz CT molecular complexity index is 1640. The predicted molar refractivity (Wildman–Crippen MR) is 174 cm³/mol. The maximum atomic E-state index is 13.7. The Morgan fingerprint density at radius 1 is 1.10 bits per heavy atom. The average molecular weight is 765 g/mol. The fraction of sp³-hybridized carbons (Fsp3) is 0.267. The van der Waals surface area contributed by atoms with E-state index in [1.54, 1.807) is 12.3 Å². The van der Waals surface area contributed by atoms with Crippen molar-refractivity contribution in [2.24, 2.45) is 5.10 Å². The molecule has 0 spiro atoms. The Labute approximate surface area is 260 Å². The van der Waals surface area contributed by atoms with Crippen LogP contribution in [0.15, 0.2) is 58.4 Å². The molecule has 0 radical (unpaired) electrons. The van der Waals surface area contributed by atoms with Gasteiger partial charge in [-0.2, -0.15) is 9.78 Å². The number of carbonyl (C=O) groups is 1. The molecule has 1 aromatic heterocycles. The third-order valence-corrected chi connectivity index (χ3v) is 7.78. The number of fused-ring (bicyclic) bond motifs is 1. The lowest BCUT2D eigenvalue weighted by atomic mass is 9.96. The molecule has 0 N–H and O–H groups in total. The number of hydrogen-bond acceptors (Lipinski definition) is 7. The number of aromatic nitrogens is 2. The highest BCUT2D eigenvalue weighted by atomic mass is 127. The quantitative estimate of drug-likeness (QED) is 0.109. The normalized spacial score (nSPS) is 11.4. The number of methoxy groups -OCH3 is 1. The van der Waals surface area contributed by atoms with Gasteiger partial charge in [-0.15, -0.1) is 0 Å². The van der Waals surface area contributed by atoms with Gasteiger partial charge >= 0.3 is 5.97 Å². The van der Waals surface area contributed by atoms with Crippen molar-refractivity contribution in [2.75, 3.05) is 20.3 Å². The summed E-state index contributed by atoms with van der Waals surface area (Å²) in [7, 11) is 1.32. The van der Waals surface area contributed by atoms with Crippen molar-refractivity contribution in [3.05, 3.63) is 82.7 Å². The van der Waals surface area contributed by atoms with Crippen LogP contribution < -0.4 is 15.0 Å². The lowest BCUT2D eigenvalue weighted by Crippen LogP contribution is -2.21. The van der Waals surface area contributed by atoms with E-state index in [9.17, 15) is 9.59 Å². The summed E-state index contributed by atoms with van der Waals surface area (Å²) in [6.07, 6.45) is 1.63. The molecule has 208 valence electrons. The molecule has 4 rings (SSSR count). The van der Waals surface area contributed by atoms with Gasteiger partial charge in [0.1, 0.15) is 11.5 Å². The summed E-state index contributed by atoms with van der Waals surface area (Å²) < 4.78 is 19.2. The zero-order chi connectivity index (χ0) is 29.0. The average Bonchev–Trinajstić information content (AvgIpc) is 2.92. The molecular weight excluding hydrogens is 736 g/mol. The Kier molecular flexibility index (Phi) is 9.82. The summed E-state index contributed by atoms with van der Waals surface area (Å²) in [4.78, 5) is 30.1. The summed E-state index contributed by atoms with van der Waals surface area (Å²) in [5, 5.41) is 5.12. The van der Waals surface area contributed by atoms with E-state index in [1.807, 2.05) is 56.3 Å². The van der Waals surface area contributed by atoms with E-state index in [4.69, 9.17) is 14.5 Å². The number of nitrogens with zero attached hydrogens (tertiary/aromatic N) is 3. The van der Waals surface area contributed by atoms with Crippen LogP contribution in [0.25, 0.3) is 22.3 Å². The van der Waals surface area contributed by atoms with Crippen molar-refractivity contribution in [2.45, 2.75) is 33.6 Å². The van der Waals surface area contributed by atoms with Crippen molar-refractivity contribution >= 4 is 68.3 Å². The summed E-state index contributed by atoms with van der Waals surface area (Å²) in [6, 6.07) is 15.1. The van der Waals surface area contributed by atoms with Gasteiger partial charge in [-0.25, -0.2) is 9.78 Å². The number of esters is 1. The molecule has 0 saturated heterocycles. The fourth-order valence-electron chi connectivity index (χ4n) is 4.18. The Morgan fingerprint density at radius 3 is 2.45 bits per heavy atom. The molecule has 40 heavy (non-hydrogen) atoms. The first-order valence-corrected chi connectivity index (χ1v) is 14.8. The van der Waals surface area contributed by atoms with Crippen molar-refractivity contribution in [1.29, 1.82) is 0 Å². The standard InChI is InChI=1S/C30H29I2N3O5/c1-6-39-26-11-18(4)22(14-21(26)17(2)3)29-34-25-10-8-7-9-20(25)30(37)35(29)33-15-19-12-23(31)28(24(32)13-19)40-16-27(36)38-5/h7-15,17H,6,16H2,1-5H3. The molecule has 0 atom stereocenters. The largest absolute Gasteiger partial charge is 0.494 e. The second-order valence-electron chi connectivity index (χ2n) is 9.29. The van der Waals surface area contributed by atoms with Gasteiger partial charge in [-0.1, -0.05) is 26.0 Å². The molecule has 0 fully saturated rings. The van der Waals surface area contributed by atoms with Crippen LogP contribution >= 0.6 is 45.2 Å². The van der Waals surface area contributed by atoms with E-state index in [0.717, 1.165) is 35.1 Å². The lowest BCUT2D eigenvalue weighted by molar-refractivity contribution is -0.142. The third-order valence-electron chi connectivity index (χ3n) is 6.18. The van der Waals surface area contributed by atoms with Crippen molar-refractivity contribution < 1.29 is 19.0 Å². The van der Waals surface area contributed by atoms with Crippen LogP contribution in [0.4, 0.5) is 0 Å². The Balaban J connectivity index is 1.86. The van der Waals surface area contributed by atoms with E-state index in [1.165, 1.54) is 11.8 Å². The van der Waals surface area contributed by atoms with E-state index in [0.29, 0.717) is 29.1 Å². The van der Waals surface area contributed by atoms with Crippen molar-refractivity contribution in [3.8, 4) is 22.9 Å². The highest BCUT2D eigenvalue weighted by Crippen LogP contribution is 2.34. The Morgan fingerprint density at radius 2 is 1.80 bits per heavy atom. The van der Waals surface area contributed by atoms with Gasteiger partial charge in [-0.3, -0.25) is 4.79 Å². The molecule has 0 bridgehead atoms. The minimum atomic E-state index is -0.460. The molecule has 8 nitrogen and oxygen atoms in total. The molecule has 1 heterocycles. The summed E-state index contributed by atoms with van der Waals surface area (Å²) in [5.74, 6) is 1.60. The predicted octanol–water partition coefficient (Wildman–Crippen LogP) is 6.54. The van der Waals surface area contributed by atoms with Crippen LogP contribution in [0.2, 0.25) is 0 Å². The van der Waals surface area contributed by atoms with Crippen LogP contribution in [0, 0.1) is 14.1 Å². The molecule has 0 saturated carbocycles. The Hall–Kier alpha value is -3.00. The monoisotopic (exact) mass is 765 g/mol. The van der Waals surface area contributed by atoms with E-state index in [2.05, 4.69) is 68.9 Å². The molecular formula is C30H29I2N3O5.